The van der Waals surface area contributed by atoms with Gasteiger partial charge in [-0.15, -0.1) is 0 Å². The van der Waals surface area contributed by atoms with E-state index in [-0.39, 0.29) is 46.7 Å². The Morgan fingerprint density at radius 3 is 2.44 bits per heavy atom. The number of para-hydroxylation sites is 1. The van der Waals surface area contributed by atoms with Gasteiger partial charge in [0, 0.05) is 24.1 Å². The fourth-order valence-electron chi connectivity index (χ4n) is 3.47. The maximum absolute atomic E-state index is 14.6. The number of hydrogen-bond donors (Lipinski definition) is 4. The lowest BCUT2D eigenvalue weighted by molar-refractivity contribution is 0.598. The van der Waals surface area contributed by atoms with Gasteiger partial charge in [0.15, 0.2) is 23.1 Å². The average Bonchev–Trinajstić information content (AvgIpc) is 3.18. The number of nitrogens with zero attached hydrogens (tertiary/aromatic N) is 3. The van der Waals surface area contributed by atoms with Gasteiger partial charge in [0.2, 0.25) is 0 Å². The van der Waals surface area contributed by atoms with Crippen molar-refractivity contribution < 1.29 is 13.3 Å². The number of nitrogens with two attached hydrogens (primary N) is 2. The molecule has 166 valence electrons. The van der Waals surface area contributed by atoms with E-state index in [0.29, 0.717) is 17.9 Å². The molecule has 0 amide bonds. The fraction of sp³-hybridized carbons (Fsp3) is 0.190. The second-order valence-corrected chi connectivity index (χ2v) is 8.62. The minimum atomic E-state index is -1.27. The number of rotatable bonds is 6. The number of benzene rings is 2. The van der Waals surface area contributed by atoms with Crippen LogP contribution in [0.5, 0.6) is 0 Å². The van der Waals surface area contributed by atoms with E-state index in [4.69, 9.17) is 16.9 Å². The lowest BCUT2D eigenvalue weighted by Crippen LogP contribution is -2.28. The van der Waals surface area contributed by atoms with Crippen molar-refractivity contribution in [3.8, 4) is 0 Å². The standard InChI is InChI=1S/C21H21F2N7OS/c22-14-7-2-1-5-12(14)11-27-17-13(6-3-8-15(17)23)16(24)21-28-19(25)18(20(26)29-21)30-9-4-10-32(30)31/h1-3,5-8,24,27H,4,9-11H2,(H4,25,26,28,29). The van der Waals surface area contributed by atoms with E-state index in [1.54, 1.807) is 22.5 Å². The molecule has 4 rings (SSSR count). The first-order valence-corrected chi connectivity index (χ1v) is 11.1. The van der Waals surface area contributed by atoms with Crippen LogP contribution in [0.3, 0.4) is 0 Å². The summed E-state index contributed by atoms with van der Waals surface area (Å²) in [5.74, 6) is -0.667. The third kappa shape index (κ3) is 4.16. The lowest BCUT2D eigenvalue weighted by Gasteiger charge is -2.21. The summed E-state index contributed by atoms with van der Waals surface area (Å²) in [5.41, 5.74) is 12.7. The molecule has 0 radical (unpaired) electrons. The van der Waals surface area contributed by atoms with Crippen LogP contribution in [0.15, 0.2) is 42.5 Å². The summed E-state index contributed by atoms with van der Waals surface area (Å²) in [4.78, 5) is 8.34. The van der Waals surface area contributed by atoms with Gasteiger partial charge in [-0.1, -0.05) is 30.3 Å². The summed E-state index contributed by atoms with van der Waals surface area (Å²) in [6, 6.07) is 10.3. The predicted molar refractivity (Wildman–Crippen MR) is 122 cm³/mol. The first-order chi connectivity index (χ1) is 15.4. The Morgan fingerprint density at radius 1 is 1.09 bits per heavy atom. The van der Waals surface area contributed by atoms with Crippen LogP contribution in [0.4, 0.5) is 31.8 Å². The van der Waals surface area contributed by atoms with E-state index in [1.807, 2.05) is 0 Å². The average molecular weight is 458 g/mol. The van der Waals surface area contributed by atoms with Gasteiger partial charge in [0.25, 0.3) is 0 Å². The zero-order valence-electron chi connectivity index (χ0n) is 16.9. The molecule has 3 aromatic rings. The summed E-state index contributed by atoms with van der Waals surface area (Å²) in [7, 11) is 0. The molecular weight excluding hydrogens is 436 g/mol. The third-order valence-corrected chi connectivity index (χ3v) is 6.53. The first kappa shape index (κ1) is 21.8. The number of hydrogen-bond acceptors (Lipinski definition) is 8. The molecule has 0 aliphatic carbocycles. The highest BCUT2D eigenvalue weighted by atomic mass is 32.2. The van der Waals surface area contributed by atoms with Gasteiger partial charge in [-0.05, 0) is 12.1 Å². The van der Waals surface area contributed by atoms with Gasteiger partial charge in [0.05, 0.1) is 23.6 Å². The maximum atomic E-state index is 14.6. The quantitative estimate of drug-likeness (QED) is 0.330. The van der Waals surface area contributed by atoms with Crippen LogP contribution in [0, 0.1) is 17.0 Å². The fourth-order valence-corrected chi connectivity index (χ4v) is 4.79. The van der Waals surface area contributed by atoms with Crippen LogP contribution in [-0.4, -0.2) is 32.5 Å². The molecule has 0 spiro atoms. The molecule has 8 nitrogen and oxygen atoms in total. The normalized spacial score (nSPS) is 15.7. The van der Waals surface area contributed by atoms with Crippen LogP contribution in [0.1, 0.15) is 23.4 Å². The topological polar surface area (TPSA) is 140 Å². The van der Waals surface area contributed by atoms with Crippen molar-refractivity contribution in [3.05, 3.63) is 71.1 Å². The van der Waals surface area contributed by atoms with Crippen LogP contribution < -0.4 is 21.1 Å². The van der Waals surface area contributed by atoms with E-state index in [2.05, 4.69) is 15.3 Å². The molecule has 0 saturated carbocycles. The molecule has 1 aliphatic rings. The Hall–Kier alpha value is -3.44. The molecule has 32 heavy (non-hydrogen) atoms. The molecule has 1 saturated heterocycles. The number of anilines is 4. The number of nitrogen functional groups attached to an aromatic ring is 2. The minimum absolute atomic E-state index is 0.00576. The van der Waals surface area contributed by atoms with E-state index in [1.165, 1.54) is 24.3 Å². The Morgan fingerprint density at radius 2 is 1.78 bits per heavy atom. The van der Waals surface area contributed by atoms with Crippen LogP contribution in [0.2, 0.25) is 0 Å². The van der Waals surface area contributed by atoms with Gasteiger partial charge in [-0.3, -0.25) is 5.41 Å². The van der Waals surface area contributed by atoms with Crippen molar-refractivity contribution in [2.75, 3.05) is 33.4 Å². The third-order valence-electron chi connectivity index (χ3n) is 5.03. The van der Waals surface area contributed by atoms with Crippen LogP contribution in [0.25, 0.3) is 0 Å². The molecule has 11 heteroatoms. The monoisotopic (exact) mass is 457 g/mol. The number of halogens is 2. The number of aromatic nitrogens is 2. The van der Waals surface area contributed by atoms with Crippen molar-refractivity contribution in [1.29, 1.82) is 5.41 Å². The predicted octanol–water partition coefficient (Wildman–Crippen LogP) is 2.82. The maximum Gasteiger partial charge on any atom is 0.182 e. The highest BCUT2D eigenvalue weighted by molar-refractivity contribution is 7.93. The Labute approximate surface area is 186 Å². The highest BCUT2D eigenvalue weighted by Gasteiger charge is 2.32. The molecular formula is C21H21F2N7OS. The zero-order chi connectivity index (χ0) is 22.8. The van der Waals surface area contributed by atoms with E-state index < -0.39 is 23.0 Å². The largest absolute Gasteiger partial charge is 0.593 e. The van der Waals surface area contributed by atoms with Crippen LogP contribution >= 0.6 is 0 Å². The van der Waals surface area contributed by atoms with Gasteiger partial charge in [-0.2, -0.15) is 4.31 Å². The van der Waals surface area contributed by atoms with Gasteiger partial charge in [0.1, 0.15) is 23.1 Å². The molecule has 0 bridgehead atoms. The smallest absolute Gasteiger partial charge is 0.182 e. The number of nitrogens with one attached hydrogen (secondary N) is 2. The molecule has 1 aliphatic heterocycles. The minimum Gasteiger partial charge on any atom is -0.593 e. The summed E-state index contributed by atoms with van der Waals surface area (Å²) in [5, 5.41) is 11.4. The molecule has 1 atom stereocenters. The van der Waals surface area contributed by atoms with Crippen molar-refractivity contribution in [2.24, 2.45) is 0 Å². The summed E-state index contributed by atoms with van der Waals surface area (Å²) >= 11 is -1.27. The summed E-state index contributed by atoms with van der Waals surface area (Å²) in [6.45, 7) is 0.522. The van der Waals surface area contributed by atoms with Gasteiger partial charge in [-0.25, -0.2) is 18.7 Å². The molecule has 6 N–H and O–H groups in total. The van der Waals surface area contributed by atoms with Crippen molar-refractivity contribution in [2.45, 2.75) is 13.0 Å². The molecule has 2 aromatic carbocycles. The summed E-state index contributed by atoms with van der Waals surface area (Å²) < 4.78 is 42.3. The second kappa shape index (κ2) is 8.97. The lowest BCUT2D eigenvalue weighted by atomic mass is 10.1. The Bertz CT molecular complexity index is 1150. The van der Waals surface area contributed by atoms with E-state index in [9.17, 15) is 13.3 Å². The van der Waals surface area contributed by atoms with Gasteiger partial charge < -0.3 is 21.3 Å². The van der Waals surface area contributed by atoms with Crippen molar-refractivity contribution >= 4 is 40.1 Å². The summed E-state index contributed by atoms with van der Waals surface area (Å²) in [6.07, 6.45) is 0.726. The highest BCUT2D eigenvalue weighted by Crippen LogP contribution is 2.33. The Kier molecular flexibility index (Phi) is 6.10. The van der Waals surface area contributed by atoms with Crippen molar-refractivity contribution in [1.82, 2.24) is 9.97 Å². The van der Waals surface area contributed by atoms with Crippen LogP contribution in [-0.2, 0) is 17.9 Å². The van der Waals surface area contributed by atoms with Crippen molar-refractivity contribution in [3.63, 3.8) is 0 Å². The molecule has 1 unspecified atom stereocenters. The van der Waals surface area contributed by atoms with Gasteiger partial charge >= 0.3 is 0 Å². The second-order valence-electron chi connectivity index (χ2n) is 7.13. The van der Waals surface area contributed by atoms with E-state index >= 15 is 0 Å². The molecule has 1 aromatic heterocycles. The zero-order valence-corrected chi connectivity index (χ0v) is 17.8. The molecule has 2 heterocycles. The molecule has 1 fully saturated rings. The first-order valence-electron chi connectivity index (χ1n) is 9.81. The Balaban J connectivity index is 1.65. The van der Waals surface area contributed by atoms with E-state index in [0.717, 1.165) is 6.42 Å². The SMILES string of the molecule is N=C(c1nc(N)c(N2CCC[S+]2[O-])c(N)n1)c1cccc(F)c1NCc1ccccc1F.